The van der Waals surface area contributed by atoms with Gasteiger partial charge in [-0.2, -0.15) is 0 Å². The van der Waals surface area contributed by atoms with Crippen molar-refractivity contribution in [1.82, 2.24) is 9.97 Å². The van der Waals surface area contributed by atoms with Gasteiger partial charge in [0.05, 0.1) is 23.0 Å². The second-order valence-electron chi connectivity index (χ2n) is 8.22. The Hall–Kier alpha value is -3.35. The van der Waals surface area contributed by atoms with Crippen LogP contribution in [0.1, 0.15) is 31.1 Å². The molecule has 0 spiro atoms. The molecular weight excluding hydrogens is 412 g/mol. The predicted octanol–water partition coefficient (Wildman–Crippen LogP) is 5.11. The first kappa shape index (κ1) is 19.6. The average Bonchev–Trinajstić information content (AvgIpc) is 3.19. The summed E-state index contributed by atoms with van der Waals surface area (Å²) in [6.45, 7) is 3.68. The summed E-state index contributed by atoms with van der Waals surface area (Å²) >= 11 is 6.24. The molecule has 2 aromatic heterocycles. The first-order valence-corrected chi connectivity index (χ1v) is 10.4. The topological polar surface area (TPSA) is 90.0 Å². The largest absolute Gasteiger partial charge is 0.384 e. The molecule has 31 heavy (non-hydrogen) atoms. The zero-order valence-electron chi connectivity index (χ0n) is 17.0. The molecule has 0 fully saturated rings. The van der Waals surface area contributed by atoms with Crippen molar-refractivity contribution in [2.75, 3.05) is 10.6 Å². The van der Waals surface area contributed by atoms with Gasteiger partial charge in [-0.3, -0.25) is 4.79 Å². The number of pyridine rings is 1. The molecule has 7 heteroatoms. The number of fused-ring (bicyclic) bond motifs is 3. The molecule has 6 nitrogen and oxygen atoms in total. The third-order valence-corrected chi connectivity index (χ3v) is 6.04. The highest BCUT2D eigenvalue weighted by atomic mass is 35.5. The maximum Gasteiger partial charge on any atom is 0.249 e. The van der Waals surface area contributed by atoms with Crippen LogP contribution in [0.5, 0.6) is 0 Å². The van der Waals surface area contributed by atoms with Crippen LogP contribution < -0.4 is 10.6 Å². The Morgan fingerprint density at radius 1 is 1.10 bits per heavy atom. The predicted molar refractivity (Wildman–Crippen MR) is 123 cm³/mol. The maximum absolute atomic E-state index is 12.3. The summed E-state index contributed by atoms with van der Waals surface area (Å²) in [5.41, 5.74) is 4.83. The number of amides is 1. The van der Waals surface area contributed by atoms with E-state index in [-0.39, 0.29) is 5.91 Å². The Morgan fingerprint density at radius 3 is 2.58 bits per heavy atom. The van der Waals surface area contributed by atoms with E-state index in [0.29, 0.717) is 16.3 Å². The standard InChI is InChI=1S/C24H21ClN4O2/c1-24(2)23(31)28-18-12-27-22-19(20(18)29-24)16(11-26-22)13-7-9-14(10-8-13)21(30)15-5-3-4-6-17(15)25/h3-12,21,29-30H,1-2H3,(H,26,27)(H,28,31). The highest BCUT2D eigenvalue weighted by Gasteiger charge is 2.34. The van der Waals surface area contributed by atoms with Gasteiger partial charge in [0.15, 0.2) is 0 Å². The lowest BCUT2D eigenvalue weighted by molar-refractivity contribution is -0.119. The molecule has 1 aliphatic heterocycles. The molecule has 5 rings (SSSR count). The van der Waals surface area contributed by atoms with E-state index in [1.807, 2.05) is 62.5 Å². The van der Waals surface area contributed by atoms with Crippen LogP contribution in [0.25, 0.3) is 22.2 Å². The minimum atomic E-state index is -0.808. The molecule has 0 saturated heterocycles. The minimum Gasteiger partial charge on any atom is -0.384 e. The van der Waals surface area contributed by atoms with Crippen LogP contribution >= 0.6 is 11.6 Å². The highest BCUT2D eigenvalue weighted by Crippen LogP contribution is 2.41. The third-order valence-electron chi connectivity index (χ3n) is 5.69. The molecule has 0 bridgehead atoms. The van der Waals surface area contributed by atoms with Crippen LogP contribution in [0, 0.1) is 0 Å². The van der Waals surface area contributed by atoms with E-state index in [0.717, 1.165) is 33.4 Å². The van der Waals surface area contributed by atoms with Gasteiger partial charge in [-0.15, -0.1) is 0 Å². The van der Waals surface area contributed by atoms with Gasteiger partial charge in [0.1, 0.15) is 17.3 Å². The molecule has 1 aliphatic rings. The molecule has 0 radical (unpaired) electrons. The third kappa shape index (κ3) is 3.24. The fourth-order valence-corrected chi connectivity index (χ4v) is 4.16. The van der Waals surface area contributed by atoms with Gasteiger partial charge in [-0.1, -0.05) is 54.1 Å². The molecule has 0 aliphatic carbocycles. The number of rotatable bonds is 3. The second kappa shape index (κ2) is 7.11. The zero-order valence-corrected chi connectivity index (χ0v) is 17.8. The van der Waals surface area contributed by atoms with Crippen LogP contribution in [0.3, 0.4) is 0 Å². The summed E-state index contributed by atoms with van der Waals surface area (Å²) in [5, 5.41) is 18.5. The molecule has 4 aromatic rings. The first-order valence-electron chi connectivity index (χ1n) is 9.98. The van der Waals surface area contributed by atoms with E-state index >= 15 is 0 Å². The van der Waals surface area contributed by atoms with Gasteiger partial charge in [0.2, 0.25) is 5.91 Å². The fourth-order valence-electron chi connectivity index (χ4n) is 3.92. The Kier molecular flexibility index (Phi) is 4.50. The van der Waals surface area contributed by atoms with Crippen LogP contribution in [0.2, 0.25) is 5.02 Å². The number of aromatic nitrogens is 2. The van der Waals surface area contributed by atoms with E-state index < -0.39 is 11.6 Å². The Morgan fingerprint density at radius 2 is 1.84 bits per heavy atom. The number of aliphatic hydroxyl groups excluding tert-OH is 1. The summed E-state index contributed by atoms with van der Waals surface area (Å²) in [4.78, 5) is 20.0. The number of aliphatic hydroxyl groups is 1. The molecule has 4 N–H and O–H groups in total. The van der Waals surface area contributed by atoms with Crippen molar-refractivity contribution in [3.63, 3.8) is 0 Å². The van der Waals surface area contributed by atoms with Crippen LogP contribution in [0.15, 0.2) is 60.9 Å². The van der Waals surface area contributed by atoms with Crippen molar-refractivity contribution in [2.45, 2.75) is 25.5 Å². The van der Waals surface area contributed by atoms with Crippen molar-refractivity contribution < 1.29 is 9.90 Å². The monoisotopic (exact) mass is 432 g/mol. The number of nitrogens with zero attached hydrogens (tertiary/aromatic N) is 1. The molecule has 3 heterocycles. The van der Waals surface area contributed by atoms with Crippen molar-refractivity contribution >= 4 is 39.9 Å². The molecule has 156 valence electrons. The molecule has 2 aromatic carbocycles. The number of halogens is 1. The van der Waals surface area contributed by atoms with Gasteiger partial charge in [-0.05, 0) is 31.0 Å². The normalized spacial score (nSPS) is 15.8. The van der Waals surface area contributed by atoms with Gasteiger partial charge in [0, 0.05) is 22.3 Å². The SMILES string of the molecule is CC1(C)Nc2c(cnc3[nH]cc(-c4ccc(C(O)c5ccccc5Cl)cc4)c23)NC1=O. The number of hydrogen-bond acceptors (Lipinski definition) is 4. The van der Waals surface area contributed by atoms with Crippen LogP contribution in [-0.2, 0) is 4.79 Å². The Bertz CT molecular complexity index is 1310. The van der Waals surface area contributed by atoms with E-state index in [4.69, 9.17) is 11.6 Å². The lowest BCUT2D eigenvalue weighted by atomic mass is 9.96. The van der Waals surface area contributed by atoms with E-state index in [2.05, 4.69) is 20.6 Å². The van der Waals surface area contributed by atoms with Crippen LogP contribution in [0.4, 0.5) is 11.4 Å². The number of carbonyl (C=O) groups is 1. The number of benzene rings is 2. The molecular formula is C24H21ClN4O2. The molecule has 0 saturated carbocycles. The lowest BCUT2D eigenvalue weighted by Gasteiger charge is -2.33. The fraction of sp³-hybridized carbons (Fsp3) is 0.167. The van der Waals surface area contributed by atoms with Gasteiger partial charge in [-0.25, -0.2) is 4.98 Å². The minimum absolute atomic E-state index is 0.101. The summed E-state index contributed by atoms with van der Waals surface area (Å²) in [6, 6.07) is 15.0. The van der Waals surface area contributed by atoms with Crippen molar-refractivity contribution in [2.24, 2.45) is 0 Å². The van der Waals surface area contributed by atoms with E-state index in [1.54, 1.807) is 12.3 Å². The molecule has 1 unspecified atom stereocenters. The molecule has 1 atom stereocenters. The number of aromatic amines is 1. The number of carbonyl (C=O) groups excluding carboxylic acids is 1. The first-order chi connectivity index (χ1) is 14.8. The van der Waals surface area contributed by atoms with Gasteiger partial charge < -0.3 is 20.7 Å². The van der Waals surface area contributed by atoms with Gasteiger partial charge >= 0.3 is 0 Å². The number of nitrogens with one attached hydrogen (secondary N) is 3. The molecule has 1 amide bonds. The van der Waals surface area contributed by atoms with E-state index in [1.165, 1.54) is 0 Å². The quantitative estimate of drug-likeness (QED) is 0.362. The second-order valence-corrected chi connectivity index (χ2v) is 8.63. The zero-order chi connectivity index (χ0) is 21.8. The van der Waals surface area contributed by atoms with Crippen molar-refractivity contribution in [1.29, 1.82) is 0 Å². The Balaban J connectivity index is 1.56. The summed E-state index contributed by atoms with van der Waals surface area (Å²) < 4.78 is 0. The summed E-state index contributed by atoms with van der Waals surface area (Å²) in [6.07, 6.45) is 2.75. The van der Waals surface area contributed by atoms with E-state index in [9.17, 15) is 9.90 Å². The van der Waals surface area contributed by atoms with Crippen LogP contribution in [-0.4, -0.2) is 26.5 Å². The number of H-pyrrole nitrogens is 1. The average molecular weight is 433 g/mol. The summed E-state index contributed by atoms with van der Waals surface area (Å²) in [7, 11) is 0. The maximum atomic E-state index is 12.3. The Labute approximate surface area is 184 Å². The highest BCUT2D eigenvalue weighted by molar-refractivity contribution is 6.31. The van der Waals surface area contributed by atoms with Gasteiger partial charge in [0.25, 0.3) is 0 Å². The lowest BCUT2D eigenvalue weighted by Crippen LogP contribution is -2.47. The number of hydrogen-bond donors (Lipinski definition) is 4. The van der Waals surface area contributed by atoms with Crippen molar-refractivity contribution in [3.8, 4) is 11.1 Å². The van der Waals surface area contributed by atoms with Crippen molar-refractivity contribution in [3.05, 3.63) is 77.1 Å². The summed E-state index contributed by atoms with van der Waals surface area (Å²) in [5.74, 6) is -0.101. The smallest absolute Gasteiger partial charge is 0.249 e. The number of anilines is 2.